The highest BCUT2D eigenvalue weighted by molar-refractivity contribution is 6.04. The smallest absolute Gasteiger partial charge is 0.302 e. The Balaban J connectivity index is 1.79. The molecule has 0 saturated carbocycles. The van der Waals surface area contributed by atoms with Crippen LogP contribution in [0, 0.1) is 13.8 Å². The van der Waals surface area contributed by atoms with Gasteiger partial charge in [0.15, 0.2) is 0 Å². The van der Waals surface area contributed by atoms with Gasteiger partial charge in [-0.25, -0.2) is 0 Å². The lowest BCUT2D eigenvalue weighted by Crippen LogP contribution is -2.13. The minimum absolute atomic E-state index is 0.198. The number of aryl methyl sites for hydroxylation is 2. The summed E-state index contributed by atoms with van der Waals surface area (Å²) in [5.41, 5.74) is 4.30. The van der Waals surface area contributed by atoms with Crippen molar-refractivity contribution < 1.29 is 9.21 Å². The molecule has 0 aliphatic rings. The maximum absolute atomic E-state index is 12.3. The van der Waals surface area contributed by atoms with Crippen LogP contribution < -0.4 is 5.32 Å². The molecule has 0 spiro atoms. The first-order valence-electron chi connectivity index (χ1n) is 7.03. The molecule has 0 aliphatic heterocycles. The monoisotopic (exact) mass is 292 g/mol. The summed E-state index contributed by atoms with van der Waals surface area (Å²) in [5, 5.41) is 2.69. The molecule has 0 aliphatic carbocycles. The SMILES string of the molecule is Cc1ccc(C(=O)Nc2nc(-c3ccccc3)co2)c(C)c1. The van der Waals surface area contributed by atoms with Gasteiger partial charge in [0, 0.05) is 11.1 Å². The third-order valence-electron chi connectivity index (χ3n) is 3.42. The van der Waals surface area contributed by atoms with Gasteiger partial charge in [0.1, 0.15) is 12.0 Å². The zero-order valence-corrected chi connectivity index (χ0v) is 12.5. The maximum atomic E-state index is 12.3. The molecule has 1 heterocycles. The number of hydrogen-bond acceptors (Lipinski definition) is 3. The van der Waals surface area contributed by atoms with Crippen LogP contribution in [0.4, 0.5) is 6.01 Å². The van der Waals surface area contributed by atoms with Gasteiger partial charge in [0.25, 0.3) is 5.91 Å². The fourth-order valence-corrected chi connectivity index (χ4v) is 2.31. The van der Waals surface area contributed by atoms with Crippen LogP contribution >= 0.6 is 0 Å². The summed E-state index contributed by atoms with van der Waals surface area (Å²) in [7, 11) is 0. The van der Waals surface area contributed by atoms with Gasteiger partial charge in [0.2, 0.25) is 0 Å². The Kier molecular flexibility index (Phi) is 3.74. The van der Waals surface area contributed by atoms with Gasteiger partial charge in [0.05, 0.1) is 0 Å². The zero-order valence-electron chi connectivity index (χ0n) is 12.5. The van der Waals surface area contributed by atoms with E-state index in [2.05, 4.69) is 10.3 Å². The summed E-state index contributed by atoms with van der Waals surface area (Å²) < 4.78 is 5.33. The summed E-state index contributed by atoms with van der Waals surface area (Å²) in [6.45, 7) is 3.90. The van der Waals surface area contributed by atoms with E-state index in [1.807, 2.05) is 56.3 Å². The van der Waals surface area contributed by atoms with Crippen molar-refractivity contribution in [2.45, 2.75) is 13.8 Å². The number of rotatable bonds is 3. The van der Waals surface area contributed by atoms with Gasteiger partial charge in [-0.05, 0) is 25.5 Å². The summed E-state index contributed by atoms with van der Waals surface area (Å²) in [6.07, 6.45) is 1.53. The Bertz CT molecular complexity index is 807. The van der Waals surface area contributed by atoms with E-state index in [0.29, 0.717) is 11.3 Å². The Labute approximate surface area is 128 Å². The van der Waals surface area contributed by atoms with E-state index < -0.39 is 0 Å². The molecule has 2 aromatic carbocycles. The quantitative estimate of drug-likeness (QED) is 0.786. The van der Waals surface area contributed by atoms with Gasteiger partial charge in [-0.1, -0.05) is 48.0 Å². The van der Waals surface area contributed by atoms with E-state index in [1.54, 1.807) is 6.07 Å². The van der Waals surface area contributed by atoms with Gasteiger partial charge < -0.3 is 4.42 Å². The number of oxazole rings is 1. The molecule has 0 atom stereocenters. The van der Waals surface area contributed by atoms with Crippen LogP contribution in [0.3, 0.4) is 0 Å². The first-order chi connectivity index (χ1) is 10.6. The van der Waals surface area contributed by atoms with Crippen molar-refractivity contribution in [3.63, 3.8) is 0 Å². The number of aromatic nitrogens is 1. The fraction of sp³-hybridized carbons (Fsp3) is 0.111. The Morgan fingerprint density at radius 1 is 1.09 bits per heavy atom. The lowest BCUT2D eigenvalue weighted by molar-refractivity contribution is 0.102. The molecule has 4 nitrogen and oxygen atoms in total. The van der Waals surface area contributed by atoms with Crippen molar-refractivity contribution in [1.29, 1.82) is 0 Å². The van der Waals surface area contributed by atoms with E-state index in [1.165, 1.54) is 6.26 Å². The highest BCUT2D eigenvalue weighted by atomic mass is 16.4. The number of carbonyl (C=O) groups is 1. The van der Waals surface area contributed by atoms with Crippen molar-refractivity contribution >= 4 is 11.9 Å². The molecule has 1 aromatic heterocycles. The fourth-order valence-electron chi connectivity index (χ4n) is 2.31. The molecule has 1 N–H and O–H groups in total. The van der Waals surface area contributed by atoms with Gasteiger partial charge in [-0.2, -0.15) is 4.98 Å². The van der Waals surface area contributed by atoms with Crippen LogP contribution in [0.2, 0.25) is 0 Å². The summed E-state index contributed by atoms with van der Waals surface area (Å²) in [4.78, 5) is 16.6. The van der Waals surface area contributed by atoms with E-state index in [4.69, 9.17) is 4.42 Å². The molecule has 22 heavy (non-hydrogen) atoms. The second-order valence-electron chi connectivity index (χ2n) is 5.18. The first-order valence-corrected chi connectivity index (χ1v) is 7.03. The predicted octanol–water partition coefficient (Wildman–Crippen LogP) is 4.21. The summed E-state index contributed by atoms with van der Waals surface area (Å²) >= 11 is 0. The summed E-state index contributed by atoms with van der Waals surface area (Å²) in [6, 6.07) is 15.6. The minimum atomic E-state index is -0.223. The Morgan fingerprint density at radius 3 is 2.59 bits per heavy atom. The minimum Gasteiger partial charge on any atom is -0.431 e. The number of hydrogen-bond donors (Lipinski definition) is 1. The van der Waals surface area contributed by atoms with Gasteiger partial charge >= 0.3 is 6.01 Å². The molecule has 1 amide bonds. The van der Waals surface area contributed by atoms with Crippen LogP contribution in [-0.2, 0) is 0 Å². The standard InChI is InChI=1S/C18H16N2O2/c1-12-8-9-15(13(2)10-12)17(21)20-18-19-16(11-22-18)14-6-4-3-5-7-14/h3-11H,1-2H3,(H,19,20,21). The van der Waals surface area contributed by atoms with Gasteiger partial charge in [-0.15, -0.1) is 0 Å². The number of anilines is 1. The average Bonchev–Trinajstić information content (AvgIpc) is 2.96. The topological polar surface area (TPSA) is 55.1 Å². The second kappa shape index (κ2) is 5.85. The molecule has 0 bridgehead atoms. The summed E-state index contributed by atoms with van der Waals surface area (Å²) in [5.74, 6) is -0.223. The molecule has 0 unspecified atom stereocenters. The third kappa shape index (κ3) is 2.91. The van der Waals surface area contributed by atoms with Crippen molar-refractivity contribution in [1.82, 2.24) is 4.98 Å². The predicted molar refractivity (Wildman–Crippen MR) is 85.8 cm³/mol. The number of nitrogens with one attached hydrogen (secondary N) is 1. The Hall–Kier alpha value is -2.88. The Morgan fingerprint density at radius 2 is 1.86 bits per heavy atom. The van der Waals surface area contributed by atoms with Crippen LogP contribution in [0.5, 0.6) is 0 Å². The average molecular weight is 292 g/mol. The lowest BCUT2D eigenvalue weighted by atomic mass is 10.1. The number of carbonyl (C=O) groups excluding carboxylic acids is 1. The first kappa shape index (κ1) is 14.1. The molecular formula is C18H16N2O2. The lowest BCUT2D eigenvalue weighted by Gasteiger charge is -2.05. The molecule has 3 aromatic rings. The molecular weight excluding hydrogens is 276 g/mol. The molecule has 0 radical (unpaired) electrons. The van der Waals surface area contributed by atoms with E-state index in [-0.39, 0.29) is 11.9 Å². The van der Waals surface area contributed by atoms with Crippen LogP contribution in [-0.4, -0.2) is 10.9 Å². The van der Waals surface area contributed by atoms with E-state index in [9.17, 15) is 4.79 Å². The normalized spacial score (nSPS) is 10.5. The zero-order chi connectivity index (χ0) is 15.5. The molecule has 3 rings (SSSR count). The van der Waals surface area contributed by atoms with Crippen LogP contribution in [0.1, 0.15) is 21.5 Å². The van der Waals surface area contributed by atoms with Gasteiger partial charge in [-0.3, -0.25) is 10.1 Å². The van der Waals surface area contributed by atoms with Crippen molar-refractivity contribution in [2.75, 3.05) is 5.32 Å². The third-order valence-corrected chi connectivity index (χ3v) is 3.42. The van der Waals surface area contributed by atoms with Crippen LogP contribution in [0.15, 0.2) is 59.2 Å². The maximum Gasteiger partial charge on any atom is 0.302 e. The molecule has 0 fully saturated rings. The molecule has 0 saturated heterocycles. The number of nitrogens with zero attached hydrogens (tertiary/aromatic N) is 1. The van der Waals surface area contributed by atoms with Crippen molar-refractivity contribution in [3.05, 3.63) is 71.5 Å². The second-order valence-corrected chi connectivity index (χ2v) is 5.18. The highest BCUT2D eigenvalue weighted by Gasteiger charge is 2.13. The van der Waals surface area contributed by atoms with Crippen molar-refractivity contribution in [2.24, 2.45) is 0 Å². The molecule has 110 valence electrons. The number of benzene rings is 2. The van der Waals surface area contributed by atoms with E-state index in [0.717, 1.165) is 16.7 Å². The number of amides is 1. The highest BCUT2D eigenvalue weighted by Crippen LogP contribution is 2.21. The largest absolute Gasteiger partial charge is 0.431 e. The van der Waals surface area contributed by atoms with Crippen LogP contribution in [0.25, 0.3) is 11.3 Å². The molecule has 4 heteroatoms. The van der Waals surface area contributed by atoms with E-state index >= 15 is 0 Å². The van der Waals surface area contributed by atoms with Crippen molar-refractivity contribution in [3.8, 4) is 11.3 Å².